The van der Waals surface area contributed by atoms with Gasteiger partial charge in [0, 0.05) is 12.8 Å². The first-order valence-corrected chi connectivity index (χ1v) is 32.0. The second kappa shape index (κ2) is 60.2. The first-order valence-electron chi connectivity index (χ1n) is 32.0. The van der Waals surface area contributed by atoms with Gasteiger partial charge in [0.1, 0.15) is 0 Å². The zero-order valence-electron chi connectivity index (χ0n) is 47.5. The molecule has 0 aromatic heterocycles. The SMILES string of the molecule is CCCCCCCCCCCCCCCCCCCCCC/C=C/C(O)C(CO)NC(=O)CCCCCCCCCCCCCCOC(=O)CCCCCCCCCCCCCCCCCCCCC. The highest BCUT2D eigenvalue weighted by atomic mass is 16.5. The fourth-order valence-corrected chi connectivity index (χ4v) is 10.2. The minimum atomic E-state index is -0.855. The van der Waals surface area contributed by atoms with Crippen LogP contribution >= 0.6 is 0 Å². The number of carbonyl (C=O) groups excluding carboxylic acids is 2. The molecule has 0 saturated heterocycles. The first kappa shape index (κ1) is 68.6. The van der Waals surface area contributed by atoms with E-state index in [-0.39, 0.29) is 18.5 Å². The predicted octanol–water partition coefficient (Wildman–Crippen LogP) is 20.0. The smallest absolute Gasteiger partial charge is 0.305 e. The van der Waals surface area contributed by atoms with Crippen LogP contribution in [0, 0.1) is 0 Å². The summed E-state index contributed by atoms with van der Waals surface area (Å²) < 4.78 is 5.49. The van der Waals surface area contributed by atoms with Crippen LogP contribution < -0.4 is 5.32 Å². The summed E-state index contributed by atoms with van der Waals surface area (Å²) in [6, 6.07) is -0.640. The van der Waals surface area contributed by atoms with E-state index in [0.717, 1.165) is 57.8 Å². The van der Waals surface area contributed by atoms with Crippen LogP contribution in [-0.2, 0) is 14.3 Å². The number of esters is 1. The van der Waals surface area contributed by atoms with Crippen molar-refractivity contribution in [3.63, 3.8) is 0 Å². The van der Waals surface area contributed by atoms with Gasteiger partial charge in [-0.2, -0.15) is 0 Å². The number of amides is 1. The van der Waals surface area contributed by atoms with Crippen LogP contribution in [0.4, 0.5) is 0 Å². The zero-order chi connectivity index (χ0) is 50.7. The molecule has 6 nitrogen and oxygen atoms in total. The second-order valence-corrected chi connectivity index (χ2v) is 22.1. The van der Waals surface area contributed by atoms with Crippen LogP contribution in [0.5, 0.6) is 0 Å². The standard InChI is InChI=1S/C64H125NO5/c1-3-5-7-9-11-13-15-17-19-21-23-24-25-27-28-30-32-36-40-44-48-52-56-62(67)61(60-66)65-63(68)57-53-49-45-41-37-34-35-39-43-47-51-55-59-70-64(69)58-54-50-46-42-38-33-31-29-26-22-20-18-16-14-12-10-8-6-4-2/h52,56,61-62,66-67H,3-51,53-55,57-60H2,1-2H3,(H,65,68)/b56-52+. The molecule has 0 aromatic carbocycles. The first-order chi connectivity index (χ1) is 34.5. The molecule has 0 aliphatic carbocycles. The third-order valence-electron chi connectivity index (χ3n) is 15.1. The van der Waals surface area contributed by atoms with Crippen LogP contribution in [-0.4, -0.2) is 47.4 Å². The van der Waals surface area contributed by atoms with E-state index in [1.807, 2.05) is 6.08 Å². The summed E-state index contributed by atoms with van der Waals surface area (Å²) in [5.41, 5.74) is 0. The van der Waals surface area contributed by atoms with Crippen LogP contribution in [0.25, 0.3) is 0 Å². The minimum Gasteiger partial charge on any atom is -0.466 e. The Morgan fingerprint density at radius 2 is 0.657 bits per heavy atom. The Labute approximate surface area is 438 Å². The number of hydrogen-bond acceptors (Lipinski definition) is 5. The number of ether oxygens (including phenoxy) is 1. The lowest BCUT2D eigenvalue weighted by atomic mass is 10.0. The Morgan fingerprint density at radius 3 is 0.971 bits per heavy atom. The number of rotatable bonds is 60. The lowest BCUT2D eigenvalue weighted by molar-refractivity contribution is -0.143. The fourth-order valence-electron chi connectivity index (χ4n) is 10.2. The van der Waals surface area contributed by atoms with E-state index in [1.165, 1.54) is 276 Å². The van der Waals surface area contributed by atoms with E-state index in [4.69, 9.17) is 4.74 Å². The van der Waals surface area contributed by atoms with Gasteiger partial charge in [-0.05, 0) is 32.1 Å². The van der Waals surface area contributed by atoms with Crippen LogP contribution in [0.15, 0.2) is 12.2 Å². The molecule has 0 aliphatic heterocycles. The molecule has 2 unspecified atom stereocenters. The van der Waals surface area contributed by atoms with Gasteiger partial charge in [-0.15, -0.1) is 0 Å². The molecule has 0 bridgehead atoms. The van der Waals surface area contributed by atoms with Crippen molar-refractivity contribution in [2.24, 2.45) is 0 Å². The van der Waals surface area contributed by atoms with Crippen molar-refractivity contribution in [3.8, 4) is 0 Å². The fraction of sp³-hybridized carbons (Fsp3) is 0.938. The molecule has 0 radical (unpaired) electrons. The maximum atomic E-state index is 12.5. The third-order valence-corrected chi connectivity index (χ3v) is 15.1. The largest absolute Gasteiger partial charge is 0.466 e. The monoisotopic (exact) mass is 988 g/mol. The molecule has 416 valence electrons. The topological polar surface area (TPSA) is 95.9 Å². The van der Waals surface area contributed by atoms with Crippen molar-refractivity contribution in [2.75, 3.05) is 13.2 Å². The molecule has 0 fully saturated rings. The van der Waals surface area contributed by atoms with Crippen molar-refractivity contribution in [2.45, 2.75) is 373 Å². The molecule has 0 aliphatic rings. The van der Waals surface area contributed by atoms with Gasteiger partial charge in [0.05, 0.1) is 25.4 Å². The molecule has 0 rings (SSSR count). The van der Waals surface area contributed by atoms with Gasteiger partial charge in [-0.3, -0.25) is 9.59 Å². The zero-order valence-corrected chi connectivity index (χ0v) is 47.5. The highest BCUT2D eigenvalue weighted by molar-refractivity contribution is 5.76. The van der Waals surface area contributed by atoms with Gasteiger partial charge in [0.25, 0.3) is 0 Å². The number of aliphatic hydroxyl groups is 2. The molecule has 0 spiro atoms. The van der Waals surface area contributed by atoms with Gasteiger partial charge in [0.2, 0.25) is 5.91 Å². The second-order valence-electron chi connectivity index (χ2n) is 22.1. The molecule has 3 N–H and O–H groups in total. The minimum absolute atomic E-state index is 0.00478. The Kier molecular flexibility index (Phi) is 59.0. The van der Waals surface area contributed by atoms with Gasteiger partial charge in [0.15, 0.2) is 0 Å². The number of aliphatic hydroxyl groups excluding tert-OH is 2. The summed E-state index contributed by atoms with van der Waals surface area (Å²) in [5, 5.41) is 23.2. The summed E-state index contributed by atoms with van der Waals surface area (Å²) in [6.45, 7) is 4.91. The van der Waals surface area contributed by atoms with E-state index < -0.39 is 12.1 Å². The molecule has 70 heavy (non-hydrogen) atoms. The van der Waals surface area contributed by atoms with Crippen LogP contribution in [0.2, 0.25) is 0 Å². The Balaban J connectivity index is 3.45. The average molecular weight is 989 g/mol. The molecule has 6 heteroatoms. The number of allylic oxidation sites excluding steroid dienone is 1. The Morgan fingerprint density at radius 1 is 0.386 bits per heavy atom. The average Bonchev–Trinajstić information content (AvgIpc) is 3.36. The van der Waals surface area contributed by atoms with E-state index in [0.29, 0.717) is 19.4 Å². The van der Waals surface area contributed by atoms with Crippen molar-refractivity contribution in [1.82, 2.24) is 5.32 Å². The van der Waals surface area contributed by atoms with E-state index in [2.05, 4.69) is 19.2 Å². The Hall–Kier alpha value is -1.40. The van der Waals surface area contributed by atoms with Crippen LogP contribution in [0.3, 0.4) is 0 Å². The normalized spacial score (nSPS) is 12.6. The number of unbranched alkanes of at least 4 members (excludes halogenated alkanes) is 49. The van der Waals surface area contributed by atoms with Gasteiger partial charge < -0.3 is 20.3 Å². The van der Waals surface area contributed by atoms with E-state index >= 15 is 0 Å². The number of nitrogens with one attached hydrogen (secondary N) is 1. The van der Waals surface area contributed by atoms with Gasteiger partial charge in [-0.1, -0.05) is 328 Å². The van der Waals surface area contributed by atoms with Crippen molar-refractivity contribution < 1.29 is 24.5 Å². The lowest BCUT2D eigenvalue weighted by Crippen LogP contribution is -2.45. The molecule has 0 heterocycles. The molecular weight excluding hydrogens is 863 g/mol. The summed E-state index contributed by atoms with van der Waals surface area (Å²) in [4.78, 5) is 24.6. The van der Waals surface area contributed by atoms with E-state index in [1.54, 1.807) is 6.08 Å². The highest BCUT2D eigenvalue weighted by Gasteiger charge is 2.18. The van der Waals surface area contributed by atoms with Crippen LogP contribution in [0.1, 0.15) is 361 Å². The third kappa shape index (κ3) is 55.9. The molecule has 2 atom stereocenters. The van der Waals surface area contributed by atoms with Gasteiger partial charge in [-0.25, -0.2) is 0 Å². The van der Waals surface area contributed by atoms with Crippen molar-refractivity contribution in [1.29, 1.82) is 0 Å². The maximum Gasteiger partial charge on any atom is 0.305 e. The number of carbonyl (C=O) groups is 2. The summed E-state index contributed by atoms with van der Waals surface area (Å²) in [5.74, 6) is -0.0837. The molecular formula is C64H125NO5. The lowest BCUT2D eigenvalue weighted by Gasteiger charge is -2.20. The predicted molar refractivity (Wildman–Crippen MR) is 306 cm³/mol. The van der Waals surface area contributed by atoms with E-state index in [9.17, 15) is 19.8 Å². The van der Waals surface area contributed by atoms with Gasteiger partial charge >= 0.3 is 5.97 Å². The quantitative estimate of drug-likeness (QED) is 0.0321. The van der Waals surface area contributed by atoms with Crippen molar-refractivity contribution >= 4 is 11.9 Å². The van der Waals surface area contributed by atoms with Crippen molar-refractivity contribution in [3.05, 3.63) is 12.2 Å². The Bertz CT molecular complexity index is 1050. The summed E-state index contributed by atoms with van der Waals surface area (Å²) >= 11 is 0. The molecule has 0 aromatic rings. The summed E-state index contributed by atoms with van der Waals surface area (Å²) in [7, 11) is 0. The highest BCUT2D eigenvalue weighted by Crippen LogP contribution is 2.18. The summed E-state index contributed by atoms with van der Waals surface area (Å²) in [6.07, 6.45) is 72.5. The molecule has 0 saturated carbocycles. The molecule has 1 amide bonds. The maximum absolute atomic E-state index is 12.5. The number of hydrogen-bond donors (Lipinski definition) is 3.